The number of benzene rings is 2. The fraction of sp³-hybridized carbons (Fsp3) is 0.200. The van der Waals surface area contributed by atoms with E-state index in [1.165, 1.54) is 0 Å². The molecule has 0 aliphatic heterocycles. The molecule has 0 aliphatic carbocycles. The van der Waals surface area contributed by atoms with Crippen molar-refractivity contribution in [2.45, 2.75) is 20.4 Å². The number of rotatable bonds is 5. The Morgan fingerprint density at radius 3 is 2.62 bits per heavy atom. The Bertz CT molecular complexity index is 1140. The van der Waals surface area contributed by atoms with Gasteiger partial charge in [-0.2, -0.15) is 0 Å². The topological polar surface area (TPSA) is 120 Å². The van der Waals surface area contributed by atoms with Crippen LogP contribution in [0.1, 0.15) is 11.1 Å². The fourth-order valence-corrected chi connectivity index (χ4v) is 2.69. The molecule has 150 valence electrons. The first kappa shape index (κ1) is 19.9. The van der Waals surface area contributed by atoms with Gasteiger partial charge in [0.05, 0.1) is 5.52 Å². The number of oxazole rings is 1. The molecule has 0 fully saturated rings. The molecule has 0 aliphatic rings. The van der Waals surface area contributed by atoms with E-state index in [9.17, 15) is 19.2 Å². The summed E-state index contributed by atoms with van der Waals surface area (Å²) in [5.74, 6) is -2.32. The summed E-state index contributed by atoms with van der Waals surface area (Å²) >= 11 is 0. The predicted octanol–water partition coefficient (Wildman–Crippen LogP) is 2.10. The van der Waals surface area contributed by atoms with Crippen LogP contribution in [0.4, 0.5) is 10.5 Å². The van der Waals surface area contributed by atoms with E-state index in [-0.39, 0.29) is 0 Å². The quantitative estimate of drug-likeness (QED) is 0.636. The molecule has 0 saturated heterocycles. The van der Waals surface area contributed by atoms with Gasteiger partial charge in [-0.1, -0.05) is 24.3 Å². The standard InChI is InChI=1S/C20H19N3O6/c1-12-6-5-7-14(13(12)2)21-19(26)22-17(24)11-28-18(25)10-23-15-8-3-4-9-16(15)29-20(23)27/h3-9H,10-11H2,1-2H3,(H2,21,22,24,26). The summed E-state index contributed by atoms with van der Waals surface area (Å²) in [4.78, 5) is 47.6. The molecule has 0 saturated carbocycles. The van der Waals surface area contributed by atoms with Gasteiger partial charge in [0.2, 0.25) is 0 Å². The van der Waals surface area contributed by atoms with Crippen molar-refractivity contribution in [2.24, 2.45) is 0 Å². The van der Waals surface area contributed by atoms with Gasteiger partial charge >= 0.3 is 17.8 Å². The maximum absolute atomic E-state index is 12.0. The van der Waals surface area contributed by atoms with Crippen molar-refractivity contribution in [3.05, 3.63) is 64.1 Å². The minimum Gasteiger partial charge on any atom is -0.454 e. The number of nitrogens with one attached hydrogen (secondary N) is 2. The molecule has 3 rings (SSSR count). The summed E-state index contributed by atoms with van der Waals surface area (Å²) < 4.78 is 11.0. The van der Waals surface area contributed by atoms with Crippen LogP contribution in [-0.4, -0.2) is 29.1 Å². The van der Waals surface area contributed by atoms with Crippen molar-refractivity contribution in [3.63, 3.8) is 0 Å². The normalized spacial score (nSPS) is 10.6. The van der Waals surface area contributed by atoms with Crippen LogP contribution in [0.15, 0.2) is 51.7 Å². The van der Waals surface area contributed by atoms with Crippen LogP contribution in [0.2, 0.25) is 0 Å². The van der Waals surface area contributed by atoms with Gasteiger partial charge in [0.25, 0.3) is 5.91 Å². The molecular formula is C20H19N3O6. The first-order valence-electron chi connectivity index (χ1n) is 8.76. The number of esters is 1. The number of ether oxygens (including phenoxy) is 1. The number of carbonyl (C=O) groups is 3. The third-order valence-electron chi connectivity index (χ3n) is 4.33. The van der Waals surface area contributed by atoms with E-state index in [1.807, 2.05) is 19.9 Å². The molecule has 1 heterocycles. The van der Waals surface area contributed by atoms with Crippen LogP contribution in [-0.2, 0) is 20.9 Å². The van der Waals surface area contributed by atoms with Crippen molar-refractivity contribution in [1.29, 1.82) is 0 Å². The van der Waals surface area contributed by atoms with E-state index in [0.717, 1.165) is 15.7 Å². The van der Waals surface area contributed by atoms with E-state index in [0.29, 0.717) is 16.8 Å². The Labute approximate surface area is 165 Å². The lowest BCUT2D eigenvalue weighted by Crippen LogP contribution is -2.37. The number of nitrogens with zero attached hydrogens (tertiary/aromatic N) is 1. The molecule has 3 amide bonds. The number of hydrogen-bond acceptors (Lipinski definition) is 6. The van der Waals surface area contributed by atoms with Gasteiger partial charge in [0, 0.05) is 5.69 Å². The third kappa shape index (κ3) is 4.70. The van der Waals surface area contributed by atoms with Crippen LogP contribution in [0.5, 0.6) is 0 Å². The zero-order chi connectivity index (χ0) is 21.0. The second kappa shape index (κ2) is 8.42. The average molecular weight is 397 g/mol. The van der Waals surface area contributed by atoms with E-state index in [1.54, 1.807) is 36.4 Å². The summed E-state index contributed by atoms with van der Waals surface area (Å²) in [5, 5.41) is 4.64. The minimum atomic E-state index is -0.816. The number of urea groups is 1. The maximum Gasteiger partial charge on any atom is 0.420 e. The molecule has 0 radical (unpaired) electrons. The Morgan fingerprint density at radius 1 is 1.07 bits per heavy atom. The second-order valence-corrected chi connectivity index (χ2v) is 6.33. The van der Waals surface area contributed by atoms with Crippen LogP contribution < -0.4 is 16.4 Å². The van der Waals surface area contributed by atoms with Gasteiger partial charge in [0.15, 0.2) is 12.2 Å². The number of anilines is 1. The van der Waals surface area contributed by atoms with E-state index in [4.69, 9.17) is 9.15 Å². The first-order valence-corrected chi connectivity index (χ1v) is 8.76. The molecule has 0 unspecified atom stereocenters. The Morgan fingerprint density at radius 2 is 1.83 bits per heavy atom. The van der Waals surface area contributed by atoms with E-state index < -0.39 is 36.8 Å². The lowest BCUT2D eigenvalue weighted by Gasteiger charge is -2.11. The summed E-state index contributed by atoms with van der Waals surface area (Å²) in [5.41, 5.74) is 3.21. The van der Waals surface area contributed by atoms with Crippen molar-refractivity contribution in [1.82, 2.24) is 9.88 Å². The van der Waals surface area contributed by atoms with Crippen molar-refractivity contribution >= 4 is 34.7 Å². The van der Waals surface area contributed by atoms with Gasteiger partial charge < -0.3 is 14.5 Å². The Hall–Kier alpha value is -3.88. The van der Waals surface area contributed by atoms with Gasteiger partial charge in [-0.05, 0) is 43.2 Å². The lowest BCUT2D eigenvalue weighted by atomic mass is 10.1. The largest absolute Gasteiger partial charge is 0.454 e. The number of para-hydroxylation sites is 2. The number of aryl methyl sites for hydroxylation is 1. The highest BCUT2D eigenvalue weighted by atomic mass is 16.5. The third-order valence-corrected chi connectivity index (χ3v) is 4.33. The monoisotopic (exact) mass is 397 g/mol. The zero-order valence-electron chi connectivity index (χ0n) is 15.9. The zero-order valence-corrected chi connectivity index (χ0v) is 15.9. The molecular weight excluding hydrogens is 378 g/mol. The Kier molecular flexibility index (Phi) is 5.77. The van der Waals surface area contributed by atoms with Gasteiger partial charge in [-0.3, -0.25) is 19.5 Å². The number of carbonyl (C=O) groups excluding carboxylic acids is 3. The van der Waals surface area contributed by atoms with Crippen LogP contribution in [0.3, 0.4) is 0 Å². The van der Waals surface area contributed by atoms with Gasteiger partial charge in [-0.15, -0.1) is 0 Å². The number of aromatic nitrogens is 1. The van der Waals surface area contributed by atoms with Crippen LogP contribution >= 0.6 is 0 Å². The van der Waals surface area contributed by atoms with Crippen molar-refractivity contribution in [2.75, 3.05) is 11.9 Å². The number of imide groups is 1. The number of fused-ring (bicyclic) bond motifs is 1. The molecule has 9 nitrogen and oxygen atoms in total. The lowest BCUT2D eigenvalue weighted by molar-refractivity contribution is -0.148. The summed E-state index contributed by atoms with van der Waals surface area (Å²) in [7, 11) is 0. The van der Waals surface area contributed by atoms with E-state index in [2.05, 4.69) is 10.6 Å². The molecule has 0 atom stereocenters. The van der Waals surface area contributed by atoms with Gasteiger partial charge in [0.1, 0.15) is 6.54 Å². The maximum atomic E-state index is 12.0. The second-order valence-electron chi connectivity index (χ2n) is 6.33. The molecule has 29 heavy (non-hydrogen) atoms. The predicted molar refractivity (Wildman–Crippen MR) is 105 cm³/mol. The smallest absolute Gasteiger partial charge is 0.420 e. The molecule has 1 aromatic heterocycles. The van der Waals surface area contributed by atoms with Crippen molar-refractivity contribution in [3.8, 4) is 0 Å². The SMILES string of the molecule is Cc1cccc(NC(=O)NC(=O)COC(=O)Cn2c(=O)oc3ccccc32)c1C. The van der Waals surface area contributed by atoms with Crippen LogP contribution in [0, 0.1) is 13.8 Å². The van der Waals surface area contributed by atoms with E-state index >= 15 is 0 Å². The minimum absolute atomic E-state index is 0.339. The summed E-state index contributed by atoms with van der Waals surface area (Å²) in [6.07, 6.45) is 0. The van der Waals surface area contributed by atoms with Crippen molar-refractivity contribution < 1.29 is 23.5 Å². The molecule has 0 spiro atoms. The summed E-state index contributed by atoms with van der Waals surface area (Å²) in [6, 6.07) is 11.3. The highest BCUT2D eigenvalue weighted by molar-refractivity contribution is 6.02. The summed E-state index contributed by atoms with van der Waals surface area (Å²) in [6.45, 7) is 2.66. The van der Waals surface area contributed by atoms with Crippen LogP contribution in [0.25, 0.3) is 11.1 Å². The van der Waals surface area contributed by atoms with Gasteiger partial charge in [-0.25, -0.2) is 9.59 Å². The molecule has 2 N–H and O–H groups in total. The first-order chi connectivity index (χ1) is 13.8. The number of hydrogen-bond donors (Lipinski definition) is 2. The molecule has 2 aromatic carbocycles. The highest BCUT2D eigenvalue weighted by Crippen LogP contribution is 2.17. The fourth-order valence-electron chi connectivity index (χ4n) is 2.69. The molecule has 3 aromatic rings. The average Bonchev–Trinajstić information content (AvgIpc) is 2.99. The Balaban J connectivity index is 1.51. The number of amides is 3. The highest BCUT2D eigenvalue weighted by Gasteiger charge is 2.15. The molecule has 0 bridgehead atoms. The molecule has 9 heteroatoms.